The van der Waals surface area contributed by atoms with Gasteiger partial charge in [0.1, 0.15) is 17.9 Å². The molecule has 20 heavy (non-hydrogen) atoms. The Morgan fingerprint density at radius 3 is 3.00 bits per heavy atom. The number of methoxy groups -OCH3 is 1. The lowest BCUT2D eigenvalue weighted by molar-refractivity contribution is 0.0709. The van der Waals surface area contributed by atoms with Crippen molar-refractivity contribution in [2.24, 2.45) is 0 Å². The standard InChI is InChI=1S/C14H18N2O3S/c1-3-6-15-14(20)16-19-9-10-8-18-13-5-4-11(17-2)7-12(10)13/h4-5,7-8H,3,6,9H2,1-2H3,(H2,15,16,20). The fraction of sp³-hybridized carbons (Fsp3) is 0.357. The summed E-state index contributed by atoms with van der Waals surface area (Å²) < 4.78 is 10.7. The van der Waals surface area contributed by atoms with Crippen LogP contribution in [0.25, 0.3) is 11.0 Å². The average Bonchev–Trinajstić information content (AvgIpc) is 2.87. The summed E-state index contributed by atoms with van der Waals surface area (Å²) in [6.45, 7) is 3.25. The van der Waals surface area contributed by atoms with Crippen molar-refractivity contribution in [1.82, 2.24) is 10.8 Å². The van der Waals surface area contributed by atoms with E-state index in [1.165, 1.54) is 0 Å². The van der Waals surface area contributed by atoms with E-state index in [2.05, 4.69) is 17.7 Å². The summed E-state index contributed by atoms with van der Waals surface area (Å²) in [4.78, 5) is 5.36. The number of hydrogen-bond donors (Lipinski definition) is 2. The van der Waals surface area contributed by atoms with E-state index in [-0.39, 0.29) is 0 Å². The van der Waals surface area contributed by atoms with Gasteiger partial charge in [0.15, 0.2) is 5.11 Å². The summed E-state index contributed by atoms with van der Waals surface area (Å²) in [6.07, 6.45) is 2.68. The lowest BCUT2D eigenvalue weighted by Gasteiger charge is -2.09. The number of fused-ring (bicyclic) bond motifs is 1. The number of furan rings is 1. The van der Waals surface area contributed by atoms with Crippen LogP contribution in [0.2, 0.25) is 0 Å². The molecular weight excluding hydrogens is 276 g/mol. The largest absolute Gasteiger partial charge is 0.497 e. The second-order valence-electron chi connectivity index (χ2n) is 4.27. The molecule has 108 valence electrons. The lowest BCUT2D eigenvalue weighted by atomic mass is 10.2. The van der Waals surface area contributed by atoms with E-state index in [9.17, 15) is 0 Å². The molecule has 0 saturated heterocycles. The second kappa shape index (κ2) is 7.12. The molecule has 0 radical (unpaired) electrons. The molecule has 2 N–H and O–H groups in total. The second-order valence-corrected chi connectivity index (χ2v) is 4.68. The molecule has 0 bridgehead atoms. The maximum Gasteiger partial charge on any atom is 0.190 e. The van der Waals surface area contributed by atoms with Gasteiger partial charge in [0.2, 0.25) is 0 Å². The minimum absolute atomic E-state index is 0.355. The molecule has 0 amide bonds. The van der Waals surface area contributed by atoms with Crippen LogP contribution in [0.1, 0.15) is 18.9 Å². The number of ether oxygens (including phenoxy) is 1. The Morgan fingerprint density at radius 2 is 2.25 bits per heavy atom. The molecule has 0 aliphatic rings. The first-order chi connectivity index (χ1) is 9.74. The predicted molar refractivity (Wildman–Crippen MR) is 81.6 cm³/mol. The van der Waals surface area contributed by atoms with E-state index in [1.807, 2.05) is 18.2 Å². The maximum absolute atomic E-state index is 5.46. The van der Waals surface area contributed by atoms with Gasteiger partial charge in [0.25, 0.3) is 0 Å². The van der Waals surface area contributed by atoms with Crippen molar-refractivity contribution < 1.29 is 14.0 Å². The molecule has 0 aliphatic carbocycles. The minimum Gasteiger partial charge on any atom is -0.497 e. The predicted octanol–water partition coefficient (Wildman–Crippen LogP) is 2.75. The summed E-state index contributed by atoms with van der Waals surface area (Å²) in [5.41, 5.74) is 4.43. The highest BCUT2D eigenvalue weighted by Gasteiger charge is 2.07. The van der Waals surface area contributed by atoms with Gasteiger partial charge in [-0.1, -0.05) is 6.92 Å². The highest BCUT2D eigenvalue weighted by Crippen LogP contribution is 2.26. The van der Waals surface area contributed by atoms with Crippen LogP contribution in [-0.2, 0) is 11.4 Å². The van der Waals surface area contributed by atoms with Crippen LogP contribution in [0.4, 0.5) is 0 Å². The van der Waals surface area contributed by atoms with Crippen molar-refractivity contribution in [2.45, 2.75) is 20.0 Å². The fourth-order valence-electron chi connectivity index (χ4n) is 1.75. The van der Waals surface area contributed by atoms with E-state index in [1.54, 1.807) is 13.4 Å². The monoisotopic (exact) mass is 294 g/mol. The van der Waals surface area contributed by atoms with Crippen LogP contribution >= 0.6 is 12.2 Å². The zero-order valence-electron chi connectivity index (χ0n) is 11.6. The summed E-state index contributed by atoms with van der Waals surface area (Å²) in [5.74, 6) is 0.785. The SMILES string of the molecule is CCCNC(=S)NOCc1coc2ccc(OC)cc12. The van der Waals surface area contributed by atoms with Crippen LogP contribution in [0.3, 0.4) is 0 Å². The smallest absolute Gasteiger partial charge is 0.190 e. The van der Waals surface area contributed by atoms with Crippen molar-refractivity contribution in [1.29, 1.82) is 0 Å². The van der Waals surface area contributed by atoms with Crippen LogP contribution in [-0.4, -0.2) is 18.8 Å². The summed E-state index contributed by atoms with van der Waals surface area (Å²) in [6, 6.07) is 5.65. The Hall–Kier alpha value is -1.79. The van der Waals surface area contributed by atoms with Gasteiger partial charge in [0.05, 0.1) is 13.4 Å². The first-order valence-electron chi connectivity index (χ1n) is 6.44. The van der Waals surface area contributed by atoms with Gasteiger partial charge in [-0.05, 0) is 36.8 Å². The summed E-state index contributed by atoms with van der Waals surface area (Å²) in [7, 11) is 1.64. The van der Waals surface area contributed by atoms with Crippen LogP contribution in [0, 0.1) is 0 Å². The Balaban J connectivity index is 1.94. The van der Waals surface area contributed by atoms with Gasteiger partial charge in [-0.25, -0.2) is 5.48 Å². The lowest BCUT2D eigenvalue weighted by Crippen LogP contribution is -2.35. The molecule has 2 rings (SSSR count). The first kappa shape index (κ1) is 14.6. The molecule has 2 aromatic rings. The highest BCUT2D eigenvalue weighted by atomic mass is 32.1. The van der Waals surface area contributed by atoms with E-state index < -0.39 is 0 Å². The molecule has 0 atom stereocenters. The zero-order chi connectivity index (χ0) is 14.4. The third kappa shape index (κ3) is 3.61. The molecule has 0 saturated carbocycles. The van der Waals surface area contributed by atoms with Crippen molar-refractivity contribution in [3.05, 3.63) is 30.0 Å². The number of nitrogens with one attached hydrogen (secondary N) is 2. The number of hydroxylamine groups is 1. The third-order valence-corrected chi connectivity index (χ3v) is 3.02. The zero-order valence-corrected chi connectivity index (χ0v) is 12.4. The molecule has 1 aromatic carbocycles. The average molecular weight is 294 g/mol. The van der Waals surface area contributed by atoms with Crippen molar-refractivity contribution >= 4 is 28.3 Å². The molecule has 1 heterocycles. The normalized spacial score (nSPS) is 10.5. The van der Waals surface area contributed by atoms with E-state index in [0.717, 1.165) is 35.2 Å². The number of benzene rings is 1. The first-order valence-corrected chi connectivity index (χ1v) is 6.85. The van der Waals surface area contributed by atoms with Crippen molar-refractivity contribution in [3.63, 3.8) is 0 Å². The molecule has 0 aliphatic heterocycles. The Labute approximate surface area is 123 Å². The molecular formula is C14H18N2O3S. The number of thiocarbonyl (C=S) groups is 1. The van der Waals surface area contributed by atoms with E-state index >= 15 is 0 Å². The van der Waals surface area contributed by atoms with Crippen LogP contribution in [0.15, 0.2) is 28.9 Å². The van der Waals surface area contributed by atoms with Crippen LogP contribution in [0.5, 0.6) is 5.75 Å². The molecule has 0 spiro atoms. The van der Waals surface area contributed by atoms with Gasteiger partial charge in [-0.15, -0.1) is 0 Å². The number of hydrogen-bond acceptors (Lipinski definition) is 4. The highest BCUT2D eigenvalue weighted by molar-refractivity contribution is 7.80. The molecule has 6 heteroatoms. The summed E-state index contributed by atoms with van der Waals surface area (Å²) in [5, 5.41) is 4.47. The molecule has 1 aromatic heterocycles. The van der Waals surface area contributed by atoms with Gasteiger partial charge in [-0.3, -0.25) is 4.84 Å². The third-order valence-electron chi connectivity index (χ3n) is 2.79. The van der Waals surface area contributed by atoms with Crippen molar-refractivity contribution in [2.75, 3.05) is 13.7 Å². The maximum atomic E-state index is 5.46. The molecule has 5 nitrogen and oxygen atoms in total. The minimum atomic E-state index is 0.355. The summed E-state index contributed by atoms with van der Waals surface area (Å²) >= 11 is 5.06. The van der Waals surface area contributed by atoms with E-state index in [4.69, 9.17) is 26.2 Å². The topological polar surface area (TPSA) is 55.7 Å². The van der Waals surface area contributed by atoms with E-state index in [0.29, 0.717) is 11.7 Å². The fourth-order valence-corrected chi connectivity index (χ4v) is 1.91. The van der Waals surface area contributed by atoms with Crippen molar-refractivity contribution in [3.8, 4) is 5.75 Å². The Bertz CT molecular complexity index is 583. The molecule has 0 fully saturated rings. The Morgan fingerprint density at radius 1 is 1.40 bits per heavy atom. The Kier molecular flexibility index (Phi) is 5.20. The van der Waals surface area contributed by atoms with Crippen LogP contribution < -0.4 is 15.5 Å². The van der Waals surface area contributed by atoms with Gasteiger partial charge in [0, 0.05) is 17.5 Å². The van der Waals surface area contributed by atoms with Gasteiger partial charge >= 0.3 is 0 Å². The quantitative estimate of drug-likeness (QED) is 0.631. The van der Waals surface area contributed by atoms with Gasteiger partial charge in [-0.2, -0.15) is 0 Å². The number of rotatable bonds is 6. The van der Waals surface area contributed by atoms with Gasteiger partial charge < -0.3 is 14.5 Å². The molecule has 0 unspecified atom stereocenters.